The predicted molar refractivity (Wildman–Crippen MR) is 73.6 cm³/mol. The minimum absolute atomic E-state index is 0.0182. The Balaban J connectivity index is 1.87. The van der Waals surface area contributed by atoms with Gasteiger partial charge in [0.2, 0.25) is 0 Å². The van der Waals surface area contributed by atoms with E-state index in [0.29, 0.717) is 0 Å². The number of nitrogens with zero attached hydrogens (tertiary/aromatic N) is 1. The van der Waals surface area contributed by atoms with Crippen LogP contribution in [-0.2, 0) is 4.74 Å². The maximum atomic E-state index is 9.73. The predicted octanol–water partition coefficient (Wildman–Crippen LogP) is 2.29. The number of likely N-dealkylation sites (tertiary alicyclic amines) is 1. The number of aliphatic hydroxyl groups is 1. The van der Waals surface area contributed by atoms with Gasteiger partial charge in [-0.2, -0.15) is 0 Å². The second kappa shape index (κ2) is 6.88. The van der Waals surface area contributed by atoms with Crippen LogP contribution in [0.1, 0.15) is 45.4 Å². The summed E-state index contributed by atoms with van der Waals surface area (Å²) in [6, 6.07) is 0. The Bertz CT molecular complexity index is 239. The molecule has 3 nitrogen and oxygen atoms in total. The third-order valence-electron chi connectivity index (χ3n) is 4.82. The molecule has 0 radical (unpaired) electrons. The molecule has 0 aromatic carbocycles. The molecule has 0 spiro atoms. The van der Waals surface area contributed by atoms with Crippen molar-refractivity contribution in [1.29, 1.82) is 0 Å². The van der Waals surface area contributed by atoms with Crippen molar-refractivity contribution in [3.05, 3.63) is 0 Å². The largest absolute Gasteiger partial charge is 0.396 e. The zero-order chi connectivity index (χ0) is 12.8. The fourth-order valence-electron chi connectivity index (χ4n) is 3.48. The molecule has 2 saturated heterocycles. The van der Waals surface area contributed by atoms with Crippen LogP contribution >= 0.6 is 0 Å². The summed E-state index contributed by atoms with van der Waals surface area (Å²) in [7, 11) is 0. The molecule has 106 valence electrons. The maximum absolute atomic E-state index is 9.73. The highest BCUT2D eigenvalue weighted by Crippen LogP contribution is 2.30. The van der Waals surface area contributed by atoms with Crippen molar-refractivity contribution in [2.75, 3.05) is 39.5 Å². The van der Waals surface area contributed by atoms with Crippen LogP contribution in [0.4, 0.5) is 0 Å². The Labute approximate surface area is 112 Å². The lowest BCUT2D eigenvalue weighted by atomic mass is 9.82. The van der Waals surface area contributed by atoms with Crippen molar-refractivity contribution in [1.82, 2.24) is 4.90 Å². The average molecular weight is 255 g/mol. The molecule has 2 unspecified atom stereocenters. The Morgan fingerprint density at radius 1 is 1.28 bits per heavy atom. The summed E-state index contributed by atoms with van der Waals surface area (Å²) in [5.74, 6) is 0.919. The highest BCUT2D eigenvalue weighted by Gasteiger charge is 2.34. The van der Waals surface area contributed by atoms with E-state index in [1.807, 2.05) is 0 Å². The Morgan fingerprint density at radius 3 is 2.83 bits per heavy atom. The fraction of sp³-hybridized carbons (Fsp3) is 1.00. The molecule has 0 aliphatic carbocycles. The second-order valence-corrected chi connectivity index (χ2v) is 6.30. The van der Waals surface area contributed by atoms with Crippen LogP contribution in [-0.4, -0.2) is 49.5 Å². The lowest BCUT2D eigenvalue weighted by Gasteiger charge is -2.39. The second-order valence-electron chi connectivity index (χ2n) is 6.30. The van der Waals surface area contributed by atoms with E-state index >= 15 is 0 Å². The SMILES string of the molecule is CCC1CCCN(CC2(CO)CCCOC2)CC1. The first-order chi connectivity index (χ1) is 8.78. The van der Waals surface area contributed by atoms with Crippen molar-refractivity contribution < 1.29 is 9.84 Å². The first-order valence-electron chi connectivity index (χ1n) is 7.69. The van der Waals surface area contributed by atoms with E-state index in [1.54, 1.807) is 0 Å². The van der Waals surface area contributed by atoms with Crippen molar-refractivity contribution in [2.45, 2.75) is 45.4 Å². The van der Waals surface area contributed by atoms with Gasteiger partial charge in [0.25, 0.3) is 0 Å². The smallest absolute Gasteiger partial charge is 0.0556 e. The summed E-state index contributed by atoms with van der Waals surface area (Å²) in [6.45, 7) is 7.65. The van der Waals surface area contributed by atoms with Crippen molar-refractivity contribution in [2.24, 2.45) is 11.3 Å². The van der Waals surface area contributed by atoms with Crippen molar-refractivity contribution >= 4 is 0 Å². The molecule has 2 aliphatic rings. The lowest BCUT2D eigenvalue weighted by Crippen LogP contribution is -2.46. The van der Waals surface area contributed by atoms with Gasteiger partial charge in [0.05, 0.1) is 13.2 Å². The Hall–Kier alpha value is -0.120. The van der Waals surface area contributed by atoms with Crippen molar-refractivity contribution in [3.8, 4) is 0 Å². The van der Waals surface area contributed by atoms with Crippen LogP contribution < -0.4 is 0 Å². The first kappa shape index (κ1) is 14.3. The van der Waals surface area contributed by atoms with Gasteiger partial charge in [0.15, 0.2) is 0 Å². The molecule has 3 heteroatoms. The average Bonchev–Trinajstić information content (AvgIpc) is 2.65. The van der Waals surface area contributed by atoms with Gasteiger partial charge in [0.1, 0.15) is 0 Å². The minimum atomic E-state index is 0.0182. The summed E-state index contributed by atoms with van der Waals surface area (Å²) in [5, 5.41) is 9.73. The first-order valence-corrected chi connectivity index (χ1v) is 7.69. The monoisotopic (exact) mass is 255 g/mol. The van der Waals surface area contributed by atoms with E-state index in [0.717, 1.165) is 38.5 Å². The van der Waals surface area contributed by atoms with Gasteiger partial charge in [-0.05, 0) is 51.1 Å². The highest BCUT2D eigenvalue weighted by molar-refractivity contribution is 4.85. The van der Waals surface area contributed by atoms with Gasteiger partial charge < -0.3 is 14.7 Å². The van der Waals surface area contributed by atoms with Crippen LogP contribution in [0.3, 0.4) is 0 Å². The molecular weight excluding hydrogens is 226 g/mol. The van der Waals surface area contributed by atoms with E-state index in [9.17, 15) is 5.11 Å². The van der Waals surface area contributed by atoms with Crippen LogP contribution in [0.25, 0.3) is 0 Å². The molecule has 0 bridgehead atoms. The molecule has 0 aromatic heterocycles. The van der Waals surface area contributed by atoms with E-state index < -0.39 is 0 Å². The summed E-state index contributed by atoms with van der Waals surface area (Å²) < 4.78 is 5.60. The third kappa shape index (κ3) is 3.69. The van der Waals surface area contributed by atoms with Gasteiger partial charge in [-0.1, -0.05) is 13.3 Å². The molecule has 0 aromatic rings. The molecule has 18 heavy (non-hydrogen) atoms. The number of hydrogen-bond acceptors (Lipinski definition) is 3. The van der Waals surface area contributed by atoms with Crippen LogP contribution in [0.5, 0.6) is 0 Å². The third-order valence-corrected chi connectivity index (χ3v) is 4.82. The summed E-state index contributed by atoms with van der Waals surface area (Å²) in [4.78, 5) is 2.57. The fourth-order valence-corrected chi connectivity index (χ4v) is 3.48. The normalized spacial score (nSPS) is 35.3. The van der Waals surface area contributed by atoms with Gasteiger partial charge in [-0.15, -0.1) is 0 Å². The summed E-state index contributed by atoms with van der Waals surface area (Å²) in [5.41, 5.74) is 0.0182. The van der Waals surface area contributed by atoms with E-state index in [4.69, 9.17) is 4.74 Å². The van der Waals surface area contributed by atoms with Crippen LogP contribution in [0.15, 0.2) is 0 Å². The molecule has 2 rings (SSSR count). The van der Waals surface area contributed by atoms with Gasteiger partial charge >= 0.3 is 0 Å². The summed E-state index contributed by atoms with van der Waals surface area (Å²) >= 11 is 0. The van der Waals surface area contributed by atoms with Crippen LogP contribution in [0, 0.1) is 11.3 Å². The van der Waals surface area contributed by atoms with Crippen molar-refractivity contribution in [3.63, 3.8) is 0 Å². The number of rotatable bonds is 4. The molecule has 0 amide bonds. The zero-order valence-electron chi connectivity index (χ0n) is 11.9. The molecule has 2 atom stereocenters. The molecule has 2 heterocycles. The maximum Gasteiger partial charge on any atom is 0.0556 e. The zero-order valence-corrected chi connectivity index (χ0v) is 11.9. The standard InChI is InChI=1S/C15H29NO2/c1-2-14-5-3-8-16(9-6-14)11-15(12-17)7-4-10-18-13-15/h14,17H,2-13H2,1H3. The van der Waals surface area contributed by atoms with Gasteiger partial charge in [0, 0.05) is 18.6 Å². The highest BCUT2D eigenvalue weighted by atomic mass is 16.5. The molecule has 0 saturated carbocycles. The van der Waals surface area contributed by atoms with E-state index in [1.165, 1.54) is 38.8 Å². The Morgan fingerprint density at radius 2 is 2.17 bits per heavy atom. The number of aliphatic hydroxyl groups excluding tert-OH is 1. The summed E-state index contributed by atoms with van der Waals surface area (Å²) in [6.07, 6.45) is 7.58. The topological polar surface area (TPSA) is 32.7 Å². The van der Waals surface area contributed by atoms with E-state index in [2.05, 4.69) is 11.8 Å². The van der Waals surface area contributed by atoms with Gasteiger partial charge in [-0.25, -0.2) is 0 Å². The molecular formula is C15H29NO2. The molecule has 2 aliphatic heterocycles. The minimum Gasteiger partial charge on any atom is -0.396 e. The number of ether oxygens (including phenoxy) is 1. The van der Waals surface area contributed by atoms with Gasteiger partial charge in [-0.3, -0.25) is 0 Å². The lowest BCUT2D eigenvalue weighted by molar-refractivity contribution is -0.0550. The number of hydrogen-bond donors (Lipinski definition) is 1. The quantitative estimate of drug-likeness (QED) is 0.836. The van der Waals surface area contributed by atoms with Crippen LogP contribution in [0.2, 0.25) is 0 Å². The van der Waals surface area contributed by atoms with E-state index in [-0.39, 0.29) is 12.0 Å². The Kier molecular flexibility index (Phi) is 5.46. The molecule has 2 fully saturated rings. The molecule has 1 N–H and O–H groups in total.